The quantitative estimate of drug-likeness (QED) is 0.649. The van der Waals surface area contributed by atoms with Crippen molar-refractivity contribution in [3.8, 4) is 0 Å². The van der Waals surface area contributed by atoms with E-state index in [-0.39, 0.29) is 24.2 Å². The van der Waals surface area contributed by atoms with Gasteiger partial charge in [0.05, 0.1) is 24.7 Å². The van der Waals surface area contributed by atoms with Crippen LogP contribution in [-0.2, 0) is 9.53 Å². The van der Waals surface area contributed by atoms with E-state index in [4.69, 9.17) is 4.74 Å². The largest absolute Gasteiger partial charge is 0.378 e. The number of nitrogens with zero attached hydrogens (tertiary/aromatic N) is 2. The number of nitrogens with one attached hydrogen (secondary N) is 1. The Morgan fingerprint density at radius 1 is 1.43 bits per heavy atom. The lowest BCUT2D eigenvalue weighted by atomic mass is 10.1. The minimum absolute atomic E-state index is 0.0104. The molecule has 1 saturated heterocycles. The van der Waals surface area contributed by atoms with Crippen molar-refractivity contribution < 1.29 is 14.5 Å². The highest BCUT2D eigenvalue weighted by atomic mass is 16.6. The molecule has 1 amide bonds. The van der Waals surface area contributed by atoms with Gasteiger partial charge in [0.2, 0.25) is 5.91 Å². The van der Waals surface area contributed by atoms with Crippen molar-refractivity contribution in [1.29, 1.82) is 0 Å². The van der Waals surface area contributed by atoms with Gasteiger partial charge in [-0.3, -0.25) is 14.9 Å². The van der Waals surface area contributed by atoms with Crippen LogP contribution in [0.4, 0.5) is 5.69 Å². The minimum atomic E-state index is -0.405. The van der Waals surface area contributed by atoms with E-state index in [1.54, 1.807) is 23.1 Å². The first kappa shape index (κ1) is 15.4. The number of nitro benzene ring substituents is 1. The first-order valence-electron chi connectivity index (χ1n) is 6.92. The standard InChI is InChI=1S/C14H19N3O4/c1-11(12-4-2-3-5-13(12)17(19)20)15-10-14(18)16-6-8-21-9-7-16/h2-5,11,15H,6-10H2,1H3/t11-/m0/s1. The monoisotopic (exact) mass is 293 g/mol. The molecular weight excluding hydrogens is 274 g/mol. The molecule has 0 unspecified atom stereocenters. The van der Waals surface area contributed by atoms with Crippen molar-refractivity contribution in [2.75, 3.05) is 32.8 Å². The van der Waals surface area contributed by atoms with E-state index in [0.717, 1.165) is 0 Å². The summed E-state index contributed by atoms with van der Waals surface area (Å²) in [5.74, 6) is -0.0104. The zero-order valence-corrected chi connectivity index (χ0v) is 11.9. The second-order valence-corrected chi connectivity index (χ2v) is 4.91. The Hall–Kier alpha value is -1.99. The average Bonchev–Trinajstić information content (AvgIpc) is 2.53. The summed E-state index contributed by atoms with van der Waals surface area (Å²) < 4.78 is 5.20. The first-order valence-corrected chi connectivity index (χ1v) is 6.92. The number of ether oxygens (including phenoxy) is 1. The molecule has 0 spiro atoms. The molecule has 1 fully saturated rings. The molecule has 1 aromatic rings. The van der Waals surface area contributed by atoms with Gasteiger partial charge in [-0.15, -0.1) is 0 Å². The predicted octanol–water partition coefficient (Wildman–Crippen LogP) is 1.10. The molecule has 114 valence electrons. The van der Waals surface area contributed by atoms with Crippen LogP contribution in [0.2, 0.25) is 0 Å². The molecular formula is C14H19N3O4. The molecule has 1 N–H and O–H groups in total. The van der Waals surface area contributed by atoms with Gasteiger partial charge in [0.15, 0.2) is 0 Å². The van der Waals surface area contributed by atoms with Gasteiger partial charge in [0.1, 0.15) is 0 Å². The number of rotatable bonds is 5. The summed E-state index contributed by atoms with van der Waals surface area (Å²) >= 11 is 0. The van der Waals surface area contributed by atoms with Crippen LogP contribution in [-0.4, -0.2) is 48.6 Å². The summed E-state index contributed by atoms with van der Waals surface area (Å²) in [5.41, 5.74) is 0.647. The van der Waals surface area contributed by atoms with Gasteiger partial charge in [-0.2, -0.15) is 0 Å². The highest BCUT2D eigenvalue weighted by molar-refractivity contribution is 5.78. The number of morpholine rings is 1. The Balaban J connectivity index is 1.94. The van der Waals surface area contributed by atoms with Crippen LogP contribution in [0.3, 0.4) is 0 Å². The van der Waals surface area contributed by atoms with E-state index in [2.05, 4.69) is 5.32 Å². The zero-order chi connectivity index (χ0) is 15.2. The molecule has 2 rings (SSSR count). The molecule has 1 aliphatic rings. The molecule has 21 heavy (non-hydrogen) atoms. The molecule has 7 nitrogen and oxygen atoms in total. The molecule has 7 heteroatoms. The van der Waals surface area contributed by atoms with Crippen molar-refractivity contribution in [2.45, 2.75) is 13.0 Å². The van der Waals surface area contributed by atoms with E-state index >= 15 is 0 Å². The lowest BCUT2D eigenvalue weighted by Gasteiger charge is -2.27. The number of para-hydroxylation sites is 1. The summed E-state index contributed by atoms with van der Waals surface area (Å²) in [6.45, 7) is 4.29. The molecule has 1 aliphatic heterocycles. The third-order valence-electron chi connectivity index (χ3n) is 3.52. The number of carbonyl (C=O) groups is 1. The van der Waals surface area contributed by atoms with Gasteiger partial charge in [-0.1, -0.05) is 18.2 Å². The van der Waals surface area contributed by atoms with E-state index in [1.807, 2.05) is 6.92 Å². The number of hydrogen-bond donors (Lipinski definition) is 1. The predicted molar refractivity (Wildman–Crippen MR) is 76.9 cm³/mol. The van der Waals surface area contributed by atoms with Gasteiger partial charge in [-0.25, -0.2) is 0 Å². The highest BCUT2D eigenvalue weighted by Gasteiger charge is 2.20. The zero-order valence-electron chi connectivity index (χ0n) is 11.9. The maximum atomic E-state index is 12.0. The highest BCUT2D eigenvalue weighted by Crippen LogP contribution is 2.24. The normalized spacial score (nSPS) is 16.5. The van der Waals surface area contributed by atoms with Gasteiger partial charge in [-0.05, 0) is 6.92 Å². The fraction of sp³-hybridized carbons (Fsp3) is 0.500. The Morgan fingerprint density at radius 3 is 2.76 bits per heavy atom. The van der Waals surface area contributed by atoms with Gasteiger partial charge < -0.3 is 15.0 Å². The Kier molecular flexibility index (Phi) is 5.24. The van der Waals surface area contributed by atoms with E-state index in [0.29, 0.717) is 31.9 Å². The second kappa shape index (κ2) is 7.14. The summed E-state index contributed by atoms with van der Waals surface area (Å²) in [6.07, 6.45) is 0. The number of carbonyl (C=O) groups excluding carboxylic acids is 1. The van der Waals surface area contributed by atoms with Crippen molar-refractivity contribution in [2.24, 2.45) is 0 Å². The van der Waals surface area contributed by atoms with E-state index < -0.39 is 4.92 Å². The van der Waals surface area contributed by atoms with Crippen molar-refractivity contribution in [3.63, 3.8) is 0 Å². The molecule has 1 aromatic carbocycles. The Morgan fingerprint density at radius 2 is 2.10 bits per heavy atom. The molecule has 1 atom stereocenters. The van der Waals surface area contributed by atoms with Crippen LogP contribution >= 0.6 is 0 Å². The number of amides is 1. The first-order chi connectivity index (χ1) is 10.1. The average molecular weight is 293 g/mol. The van der Waals surface area contributed by atoms with Crippen LogP contribution in [0.25, 0.3) is 0 Å². The molecule has 0 bridgehead atoms. The fourth-order valence-electron chi connectivity index (χ4n) is 2.29. The molecule has 0 aliphatic carbocycles. The Labute approximate surface area is 123 Å². The SMILES string of the molecule is C[C@H](NCC(=O)N1CCOCC1)c1ccccc1[N+](=O)[O-]. The number of hydrogen-bond acceptors (Lipinski definition) is 5. The molecule has 0 radical (unpaired) electrons. The second-order valence-electron chi connectivity index (χ2n) is 4.91. The number of benzene rings is 1. The van der Waals surface area contributed by atoms with Gasteiger partial charge in [0.25, 0.3) is 5.69 Å². The fourth-order valence-corrected chi connectivity index (χ4v) is 2.29. The maximum absolute atomic E-state index is 12.0. The van der Waals surface area contributed by atoms with E-state index in [9.17, 15) is 14.9 Å². The van der Waals surface area contributed by atoms with Crippen LogP contribution in [0, 0.1) is 10.1 Å². The lowest BCUT2D eigenvalue weighted by molar-refractivity contribution is -0.385. The van der Waals surface area contributed by atoms with Crippen molar-refractivity contribution in [1.82, 2.24) is 10.2 Å². The Bertz CT molecular complexity index is 515. The molecule has 0 aromatic heterocycles. The van der Waals surface area contributed by atoms with E-state index in [1.165, 1.54) is 6.07 Å². The summed E-state index contributed by atoms with van der Waals surface area (Å²) in [7, 11) is 0. The van der Waals surface area contributed by atoms with Crippen LogP contribution < -0.4 is 5.32 Å². The summed E-state index contributed by atoms with van der Waals surface area (Å²) in [4.78, 5) is 24.4. The van der Waals surface area contributed by atoms with Crippen molar-refractivity contribution in [3.05, 3.63) is 39.9 Å². The number of nitro groups is 1. The minimum Gasteiger partial charge on any atom is -0.378 e. The topological polar surface area (TPSA) is 84.7 Å². The molecule has 1 heterocycles. The van der Waals surface area contributed by atoms with Crippen molar-refractivity contribution >= 4 is 11.6 Å². The smallest absolute Gasteiger partial charge is 0.274 e. The summed E-state index contributed by atoms with van der Waals surface area (Å²) in [6, 6.07) is 6.29. The third kappa shape index (κ3) is 3.99. The van der Waals surface area contributed by atoms with Crippen LogP contribution in [0.15, 0.2) is 24.3 Å². The van der Waals surface area contributed by atoms with Crippen LogP contribution in [0.5, 0.6) is 0 Å². The molecule has 0 saturated carbocycles. The maximum Gasteiger partial charge on any atom is 0.274 e. The van der Waals surface area contributed by atoms with Gasteiger partial charge >= 0.3 is 0 Å². The summed E-state index contributed by atoms with van der Waals surface area (Å²) in [5, 5.41) is 14.1. The van der Waals surface area contributed by atoms with Crippen LogP contribution in [0.1, 0.15) is 18.5 Å². The lowest BCUT2D eigenvalue weighted by Crippen LogP contribution is -2.45. The third-order valence-corrected chi connectivity index (χ3v) is 3.52. The van der Waals surface area contributed by atoms with Gasteiger partial charge in [0, 0.05) is 30.8 Å².